The Kier molecular flexibility index (Phi) is 5.36. The van der Waals surface area contributed by atoms with Crippen LogP contribution in [0.15, 0.2) is 41.3 Å². The number of nitro groups is 1. The summed E-state index contributed by atoms with van der Waals surface area (Å²) in [5.74, 6) is -0.777. The molecule has 0 spiro atoms. The third kappa shape index (κ3) is 3.75. The number of phenolic OH excluding ortho intramolecular Hbond substituents is 1. The van der Waals surface area contributed by atoms with Crippen LogP contribution in [0.4, 0.5) is 11.4 Å². The number of phenols is 1. The molecule has 10 heteroatoms. The first kappa shape index (κ1) is 19.2. The monoisotopic (exact) mass is 422 g/mol. The minimum atomic E-state index is -0.613. The smallest absolute Gasteiger partial charge is 0.274 e. The lowest BCUT2D eigenvalue weighted by Crippen LogP contribution is -2.27. The van der Waals surface area contributed by atoms with Crippen molar-refractivity contribution in [1.82, 2.24) is 0 Å². The van der Waals surface area contributed by atoms with Crippen LogP contribution >= 0.6 is 35.6 Å². The van der Waals surface area contributed by atoms with Crippen molar-refractivity contribution >= 4 is 63.3 Å². The molecular formula is C17H11ClN2O5S2. The number of ether oxygens (including phenoxy) is 1. The number of carbonyl (C=O) groups excluding carboxylic acids is 1. The number of anilines is 1. The molecule has 1 fully saturated rings. The fraction of sp³-hybridized carbons (Fsp3) is 0.0588. The number of nitrogens with zero attached hydrogens (tertiary/aromatic N) is 2. The maximum atomic E-state index is 12.8. The summed E-state index contributed by atoms with van der Waals surface area (Å²) >= 11 is 12.2. The van der Waals surface area contributed by atoms with Gasteiger partial charge in [-0.05, 0) is 30.3 Å². The predicted molar refractivity (Wildman–Crippen MR) is 108 cm³/mol. The van der Waals surface area contributed by atoms with Crippen molar-refractivity contribution in [3.8, 4) is 11.5 Å². The van der Waals surface area contributed by atoms with Crippen LogP contribution in [0.25, 0.3) is 6.08 Å². The maximum absolute atomic E-state index is 12.8. The lowest BCUT2D eigenvalue weighted by Gasteiger charge is -2.14. The highest BCUT2D eigenvalue weighted by atomic mass is 35.5. The highest BCUT2D eigenvalue weighted by Gasteiger charge is 2.33. The number of benzene rings is 2. The van der Waals surface area contributed by atoms with Crippen molar-refractivity contribution in [3.05, 3.63) is 62.0 Å². The van der Waals surface area contributed by atoms with Crippen molar-refractivity contribution in [2.45, 2.75) is 0 Å². The van der Waals surface area contributed by atoms with Crippen LogP contribution < -0.4 is 9.64 Å². The number of rotatable bonds is 4. The average molecular weight is 423 g/mol. The molecular weight excluding hydrogens is 412 g/mol. The fourth-order valence-electron chi connectivity index (χ4n) is 2.41. The number of nitro benzene ring substituents is 1. The second-order valence-electron chi connectivity index (χ2n) is 5.34. The summed E-state index contributed by atoms with van der Waals surface area (Å²) in [6.07, 6.45) is 1.35. The molecule has 1 N–H and O–H groups in total. The zero-order valence-corrected chi connectivity index (χ0v) is 16.1. The van der Waals surface area contributed by atoms with Gasteiger partial charge in [0.1, 0.15) is 0 Å². The Morgan fingerprint density at radius 3 is 2.59 bits per heavy atom. The molecule has 1 aliphatic heterocycles. The molecule has 1 heterocycles. The van der Waals surface area contributed by atoms with Gasteiger partial charge in [0.2, 0.25) is 0 Å². The van der Waals surface area contributed by atoms with Crippen molar-refractivity contribution in [2.24, 2.45) is 0 Å². The maximum Gasteiger partial charge on any atom is 0.274 e. The number of carbonyl (C=O) groups is 1. The number of thiocarbonyl (C=S) groups is 1. The van der Waals surface area contributed by atoms with Crippen LogP contribution in [0, 0.1) is 10.1 Å². The molecule has 138 valence electrons. The second-order valence-corrected chi connectivity index (χ2v) is 7.45. The van der Waals surface area contributed by atoms with Gasteiger partial charge in [-0.25, -0.2) is 0 Å². The highest BCUT2D eigenvalue weighted by molar-refractivity contribution is 8.27. The van der Waals surface area contributed by atoms with Crippen LogP contribution in [-0.4, -0.2) is 27.4 Å². The number of aromatic hydroxyl groups is 1. The minimum Gasteiger partial charge on any atom is -0.504 e. The van der Waals surface area contributed by atoms with Crippen molar-refractivity contribution in [2.75, 3.05) is 12.0 Å². The summed E-state index contributed by atoms with van der Waals surface area (Å²) in [6.45, 7) is 0. The first-order valence-corrected chi connectivity index (χ1v) is 9.01. The Hall–Kier alpha value is -2.62. The number of methoxy groups -OCH3 is 1. The van der Waals surface area contributed by atoms with Crippen LogP contribution in [-0.2, 0) is 4.79 Å². The van der Waals surface area contributed by atoms with Gasteiger partial charge < -0.3 is 9.84 Å². The molecule has 1 aliphatic rings. The zero-order valence-electron chi connectivity index (χ0n) is 13.7. The molecule has 2 aromatic carbocycles. The third-order valence-corrected chi connectivity index (χ3v) is 5.24. The molecule has 2 aromatic rings. The summed E-state index contributed by atoms with van der Waals surface area (Å²) in [4.78, 5) is 24.8. The van der Waals surface area contributed by atoms with E-state index in [0.717, 1.165) is 23.9 Å². The molecule has 7 nitrogen and oxygen atoms in total. The molecule has 1 amide bonds. The number of hydrogen-bond donors (Lipinski definition) is 1. The molecule has 0 atom stereocenters. The second kappa shape index (κ2) is 7.55. The van der Waals surface area contributed by atoms with Gasteiger partial charge in [-0.3, -0.25) is 19.8 Å². The van der Waals surface area contributed by atoms with E-state index in [1.54, 1.807) is 24.3 Å². The molecule has 0 bridgehead atoms. The Balaban J connectivity index is 2.02. The molecule has 3 rings (SSSR count). The van der Waals surface area contributed by atoms with Crippen LogP contribution in [0.5, 0.6) is 11.5 Å². The quantitative estimate of drug-likeness (QED) is 0.338. The molecule has 0 radical (unpaired) electrons. The van der Waals surface area contributed by atoms with E-state index in [4.69, 9.17) is 28.6 Å². The number of amides is 1. The summed E-state index contributed by atoms with van der Waals surface area (Å²) in [5.41, 5.74) is 0.355. The van der Waals surface area contributed by atoms with Gasteiger partial charge in [0.25, 0.3) is 11.6 Å². The average Bonchev–Trinajstić information content (AvgIpc) is 2.91. The van der Waals surface area contributed by atoms with E-state index in [0.29, 0.717) is 15.0 Å². The highest BCUT2D eigenvalue weighted by Crippen LogP contribution is 2.40. The van der Waals surface area contributed by atoms with Crippen molar-refractivity contribution in [3.63, 3.8) is 0 Å². The summed E-state index contributed by atoms with van der Waals surface area (Å²) in [7, 11) is 1.28. The Labute approximate surface area is 168 Å². The van der Waals surface area contributed by atoms with E-state index in [1.165, 1.54) is 18.1 Å². The third-order valence-electron chi connectivity index (χ3n) is 3.69. The van der Waals surface area contributed by atoms with E-state index in [1.807, 2.05) is 0 Å². The van der Waals surface area contributed by atoms with E-state index in [9.17, 15) is 20.0 Å². The number of non-ortho nitro benzene ring substituents is 1. The first-order valence-electron chi connectivity index (χ1n) is 7.40. The molecule has 27 heavy (non-hydrogen) atoms. The van der Waals surface area contributed by atoms with E-state index in [-0.39, 0.29) is 27.7 Å². The largest absolute Gasteiger partial charge is 0.504 e. The Morgan fingerprint density at radius 1 is 1.33 bits per heavy atom. The number of hydrogen-bond acceptors (Lipinski definition) is 7. The zero-order chi connectivity index (χ0) is 19.7. The number of thioether (sulfide) groups is 1. The van der Waals surface area contributed by atoms with Gasteiger partial charge in [-0.15, -0.1) is 0 Å². The van der Waals surface area contributed by atoms with E-state index >= 15 is 0 Å². The minimum absolute atomic E-state index is 0.0661. The van der Waals surface area contributed by atoms with Gasteiger partial charge >= 0.3 is 0 Å². The lowest BCUT2D eigenvalue weighted by atomic mass is 10.1. The van der Waals surface area contributed by atoms with Gasteiger partial charge in [-0.2, -0.15) is 0 Å². The first-order chi connectivity index (χ1) is 12.8. The lowest BCUT2D eigenvalue weighted by molar-refractivity contribution is -0.385. The van der Waals surface area contributed by atoms with Gasteiger partial charge in [-0.1, -0.05) is 35.6 Å². The Morgan fingerprint density at radius 2 is 2.00 bits per heavy atom. The summed E-state index contributed by atoms with van der Waals surface area (Å²) < 4.78 is 5.26. The van der Waals surface area contributed by atoms with Crippen LogP contribution in [0.1, 0.15) is 5.56 Å². The predicted octanol–water partition coefficient (Wildman–Crippen LogP) is 4.37. The standard InChI is InChI=1S/C17H11ClN2O5S2/c1-25-13-8-12(20(23)24)6-9(15(13)21)7-14-16(22)19(17(26)27-14)11-4-2-10(18)3-5-11/h2-8,21H,1H3/b14-7-. The van der Waals surface area contributed by atoms with Crippen molar-refractivity contribution in [1.29, 1.82) is 0 Å². The topological polar surface area (TPSA) is 92.9 Å². The summed E-state index contributed by atoms with van der Waals surface area (Å²) in [5, 5.41) is 21.9. The SMILES string of the molecule is COc1cc([N+](=O)[O-])cc(/C=C2\SC(=S)N(c3ccc(Cl)cc3)C2=O)c1O. The summed E-state index contributed by atoms with van der Waals surface area (Å²) in [6, 6.07) is 8.85. The normalized spacial score (nSPS) is 15.5. The molecule has 0 aromatic heterocycles. The number of halogens is 1. The van der Waals surface area contributed by atoms with Crippen LogP contribution in [0.3, 0.4) is 0 Å². The van der Waals surface area contributed by atoms with E-state index in [2.05, 4.69) is 0 Å². The van der Waals surface area contributed by atoms with Crippen molar-refractivity contribution < 1.29 is 19.6 Å². The molecule has 0 saturated carbocycles. The van der Waals surface area contributed by atoms with Gasteiger partial charge in [0.15, 0.2) is 15.8 Å². The van der Waals surface area contributed by atoms with Gasteiger partial charge in [0, 0.05) is 16.7 Å². The molecule has 0 unspecified atom stereocenters. The van der Waals surface area contributed by atoms with E-state index < -0.39 is 10.8 Å². The molecule has 1 saturated heterocycles. The van der Waals surface area contributed by atoms with Gasteiger partial charge in [0.05, 0.1) is 28.7 Å². The molecule has 0 aliphatic carbocycles. The fourth-order valence-corrected chi connectivity index (χ4v) is 3.82. The van der Waals surface area contributed by atoms with Crippen LogP contribution in [0.2, 0.25) is 5.02 Å². The Bertz CT molecular complexity index is 992.